The summed E-state index contributed by atoms with van der Waals surface area (Å²) in [5, 5.41) is 2.80. The molecule has 0 aliphatic rings. The van der Waals surface area contributed by atoms with Crippen molar-refractivity contribution < 1.29 is 9.21 Å². The maximum atomic E-state index is 12.0. The number of benzene rings is 1. The number of hydrogen-bond acceptors (Lipinski definition) is 2. The Balaban J connectivity index is 2.21. The molecule has 0 saturated carbocycles. The highest BCUT2D eigenvalue weighted by molar-refractivity contribution is 9.10. The fraction of sp³-hybridized carbons (Fsp3) is 0.154. The summed E-state index contributed by atoms with van der Waals surface area (Å²) in [5.41, 5.74) is 2.64. The van der Waals surface area contributed by atoms with Crippen LogP contribution < -0.4 is 5.32 Å². The monoisotopic (exact) mass is 371 g/mol. The fourth-order valence-electron chi connectivity index (χ4n) is 1.53. The van der Waals surface area contributed by atoms with Crippen LogP contribution in [0, 0.1) is 13.8 Å². The molecule has 1 heterocycles. The molecular weight excluding hydrogens is 362 g/mol. The van der Waals surface area contributed by atoms with Crippen molar-refractivity contribution >= 4 is 43.5 Å². The zero-order valence-corrected chi connectivity index (χ0v) is 13.1. The number of carbonyl (C=O) groups is 1. The largest absolute Gasteiger partial charge is 0.444 e. The molecule has 94 valence electrons. The molecule has 0 radical (unpaired) electrons. The summed E-state index contributed by atoms with van der Waals surface area (Å²) in [5.74, 6) is 0.0625. The SMILES string of the molecule is Cc1ccc(NC(=O)c2oc(Br)cc2C)cc1Br. The van der Waals surface area contributed by atoms with Gasteiger partial charge in [-0.15, -0.1) is 0 Å². The maximum absolute atomic E-state index is 12.0. The third kappa shape index (κ3) is 2.84. The van der Waals surface area contributed by atoms with Gasteiger partial charge in [-0.05, 0) is 53.5 Å². The first kappa shape index (κ1) is 13.4. The number of furan rings is 1. The molecule has 1 aromatic heterocycles. The van der Waals surface area contributed by atoms with Crippen LogP contribution in [0.4, 0.5) is 5.69 Å². The van der Waals surface area contributed by atoms with Gasteiger partial charge in [0.1, 0.15) is 0 Å². The molecule has 0 saturated heterocycles. The second-order valence-corrected chi connectivity index (χ2v) is 5.62. The third-order valence-electron chi connectivity index (χ3n) is 2.52. The number of carbonyl (C=O) groups excluding carboxylic acids is 1. The van der Waals surface area contributed by atoms with Crippen LogP contribution in [0.25, 0.3) is 0 Å². The lowest BCUT2D eigenvalue weighted by molar-refractivity contribution is 0.0994. The van der Waals surface area contributed by atoms with Crippen LogP contribution in [0.1, 0.15) is 21.7 Å². The van der Waals surface area contributed by atoms with E-state index in [-0.39, 0.29) is 5.91 Å². The van der Waals surface area contributed by atoms with Gasteiger partial charge in [0.15, 0.2) is 10.4 Å². The fourth-order valence-corrected chi connectivity index (χ4v) is 2.41. The van der Waals surface area contributed by atoms with Gasteiger partial charge in [0.2, 0.25) is 0 Å². The maximum Gasteiger partial charge on any atom is 0.291 e. The Labute approximate surface area is 122 Å². The zero-order chi connectivity index (χ0) is 13.3. The zero-order valence-electron chi connectivity index (χ0n) is 9.88. The standard InChI is InChI=1S/C13H11Br2NO2/c1-7-3-4-9(6-10(7)14)16-13(17)12-8(2)5-11(15)18-12/h3-6H,1-2H3,(H,16,17). The number of anilines is 1. The minimum absolute atomic E-state index is 0.256. The summed E-state index contributed by atoms with van der Waals surface area (Å²) in [4.78, 5) is 12.0. The van der Waals surface area contributed by atoms with E-state index in [0.717, 1.165) is 21.3 Å². The summed E-state index contributed by atoms with van der Waals surface area (Å²) < 4.78 is 6.80. The van der Waals surface area contributed by atoms with Crippen molar-refractivity contribution in [1.29, 1.82) is 0 Å². The molecule has 0 spiro atoms. The van der Waals surface area contributed by atoms with E-state index in [4.69, 9.17) is 4.42 Å². The third-order valence-corrected chi connectivity index (χ3v) is 3.77. The van der Waals surface area contributed by atoms with E-state index in [0.29, 0.717) is 10.4 Å². The van der Waals surface area contributed by atoms with Gasteiger partial charge in [-0.2, -0.15) is 0 Å². The Morgan fingerprint density at radius 2 is 1.89 bits per heavy atom. The van der Waals surface area contributed by atoms with Crippen molar-refractivity contribution in [2.24, 2.45) is 0 Å². The van der Waals surface area contributed by atoms with Gasteiger partial charge in [-0.3, -0.25) is 4.79 Å². The summed E-state index contributed by atoms with van der Waals surface area (Å²) in [6.07, 6.45) is 0. The van der Waals surface area contributed by atoms with Gasteiger partial charge in [0, 0.05) is 15.7 Å². The second-order valence-electron chi connectivity index (χ2n) is 3.98. The van der Waals surface area contributed by atoms with E-state index in [2.05, 4.69) is 37.2 Å². The smallest absolute Gasteiger partial charge is 0.291 e. The molecule has 0 unspecified atom stereocenters. The Bertz CT molecular complexity index is 605. The molecule has 0 atom stereocenters. The Hall–Kier alpha value is -1.07. The molecule has 1 N–H and O–H groups in total. The quantitative estimate of drug-likeness (QED) is 0.831. The van der Waals surface area contributed by atoms with Crippen molar-refractivity contribution in [2.45, 2.75) is 13.8 Å². The number of hydrogen-bond donors (Lipinski definition) is 1. The van der Waals surface area contributed by atoms with Gasteiger partial charge >= 0.3 is 0 Å². The lowest BCUT2D eigenvalue weighted by atomic mass is 10.2. The highest BCUT2D eigenvalue weighted by Gasteiger charge is 2.15. The molecule has 2 rings (SSSR count). The van der Waals surface area contributed by atoms with E-state index in [1.165, 1.54) is 0 Å². The van der Waals surface area contributed by atoms with Crippen LogP contribution in [0.2, 0.25) is 0 Å². The number of amides is 1. The van der Waals surface area contributed by atoms with E-state index < -0.39 is 0 Å². The van der Waals surface area contributed by atoms with Gasteiger partial charge in [-0.1, -0.05) is 22.0 Å². The van der Waals surface area contributed by atoms with Gasteiger partial charge in [0.25, 0.3) is 5.91 Å². The van der Waals surface area contributed by atoms with Crippen molar-refractivity contribution in [3.05, 3.63) is 50.3 Å². The summed E-state index contributed by atoms with van der Waals surface area (Å²) in [6.45, 7) is 3.82. The van der Waals surface area contributed by atoms with E-state index in [9.17, 15) is 4.79 Å². The van der Waals surface area contributed by atoms with Crippen LogP contribution >= 0.6 is 31.9 Å². The molecule has 5 heteroatoms. The van der Waals surface area contributed by atoms with Gasteiger partial charge in [0.05, 0.1) is 0 Å². The van der Waals surface area contributed by atoms with Crippen molar-refractivity contribution in [3.63, 3.8) is 0 Å². The minimum Gasteiger partial charge on any atom is -0.444 e. The predicted octanol–water partition coefficient (Wildman–Crippen LogP) is 4.67. The average molecular weight is 373 g/mol. The molecule has 1 aromatic carbocycles. The van der Waals surface area contributed by atoms with Crippen LogP contribution in [0.5, 0.6) is 0 Å². The summed E-state index contributed by atoms with van der Waals surface area (Å²) in [6, 6.07) is 7.41. The Kier molecular flexibility index (Phi) is 3.92. The highest BCUT2D eigenvalue weighted by atomic mass is 79.9. The number of nitrogens with one attached hydrogen (secondary N) is 1. The number of aryl methyl sites for hydroxylation is 2. The van der Waals surface area contributed by atoms with Crippen LogP contribution in [-0.2, 0) is 0 Å². The average Bonchev–Trinajstić information content (AvgIpc) is 2.63. The van der Waals surface area contributed by atoms with E-state index in [1.807, 2.05) is 32.0 Å². The molecule has 0 aliphatic heterocycles. The second kappa shape index (κ2) is 5.28. The lowest BCUT2D eigenvalue weighted by Crippen LogP contribution is -2.12. The first-order valence-corrected chi connectivity index (χ1v) is 6.89. The molecule has 2 aromatic rings. The van der Waals surface area contributed by atoms with Crippen molar-refractivity contribution in [3.8, 4) is 0 Å². The molecule has 0 fully saturated rings. The van der Waals surface area contributed by atoms with Crippen molar-refractivity contribution in [1.82, 2.24) is 0 Å². The van der Waals surface area contributed by atoms with Gasteiger partial charge < -0.3 is 9.73 Å². The van der Waals surface area contributed by atoms with E-state index in [1.54, 1.807) is 6.07 Å². The molecule has 1 amide bonds. The normalized spacial score (nSPS) is 10.4. The van der Waals surface area contributed by atoms with Crippen LogP contribution in [0.3, 0.4) is 0 Å². The first-order chi connectivity index (χ1) is 8.47. The highest BCUT2D eigenvalue weighted by Crippen LogP contribution is 2.23. The van der Waals surface area contributed by atoms with Crippen LogP contribution in [0.15, 0.2) is 37.8 Å². The Morgan fingerprint density at radius 1 is 1.17 bits per heavy atom. The molecule has 0 bridgehead atoms. The first-order valence-electron chi connectivity index (χ1n) is 5.31. The topological polar surface area (TPSA) is 42.2 Å². The molecule has 18 heavy (non-hydrogen) atoms. The Morgan fingerprint density at radius 3 is 2.44 bits per heavy atom. The van der Waals surface area contributed by atoms with E-state index >= 15 is 0 Å². The molecule has 0 aliphatic carbocycles. The summed E-state index contributed by atoms with van der Waals surface area (Å²) >= 11 is 6.63. The predicted molar refractivity (Wildman–Crippen MR) is 78.0 cm³/mol. The lowest BCUT2D eigenvalue weighted by Gasteiger charge is -2.06. The van der Waals surface area contributed by atoms with Gasteiger partial charge in [-0.25, -0.2) is 0 Å². The van der Waals surface area contributed by atoms with Crippen LogP contribution in [-0.4, -0.2) is 5.91 Å². The number of rotatable bonds is 2. The van der Waals surface area contributed by atoms with Crippen molar-refractivity contribution in [2.75, 3.05) is 5.32 Å². The summed E-state index contributed by atoms with van der Waals surface area (Å²) in [7, 11) is 0. The molecular formula is C13H11Br2NO2. The molecule has 3 nitrogen and oxygen atoms in total. The number of halogens is 2. The minimum atomic E-state index is -0.256.